The van der Waals surface area contributed by atoms with E-state index in [2.05, 4.69) is 30.2 Å². The van der Waals surface area contributed by atoms with Gasteiger partial charge in [0.1, 0.15) is 35.4 Å². The molecule has 2 aromatic carbocycles. The number of benzene rings is 2. The van der Waals surface area contributed by atoms with Gasteiger partial charge >= 0.3 is 0 Å². The summed E-state index contributed by atoms with van der Waals surface area (Å²) in [5.74, 6) is -9.68. The van der Waals surface area contributed by atoms with E-state index in [0.29, 0.717) is 22.1 Å². The first kappa shape index (κ1) is 43.3. The number of sulfonamides is 1. The maximum atomic E-state index is 15.7. The average molecular weight is 913 g/mol. The lowest BCUT2D eigenvalue weighted by atomic mass is 9.94. The number of amides is 1. The van der Waals surface area contributed by atoms with Crippen LogP contribution in [0.4, 0.5) is 32.2 Å². The monoisotopic (exact) mass is 912 g/mol. The molecule has 328 valence electrons. The summed E-state index contributed by atoms with van der Waals surface area (Å²) in [6, 6.07) is 10.2. The molecule has 3 atom stereocenters. The van der Waals surface area contributed by atoms with Crippen molar-refractivity contribution in [1.82, 2.24) is 44.4 Å². The Morgan fingerprint density at radius 1 is 0.984 bits per heavy atom. The van der Waals surface area contributed by atoms with E-state index in [-0.39, 0.29) is 55.4 Å². The Balaban J connectivity index is 1.37. The zero-order valence-corrected chi connectivity index (χ0v) is 35.3. The quantitative estimate of drug-likeness (QED) is 0.125. The lowest BCUT2D eigenvalue weighted by Gasteiger charge is -2.24. The highest BCUT2D eigenvalue weighted by Gasteiger charge is 2.55. The fourth-order valence-electron chi connectivity index (χ4n) is 8.05. The number of pyridine rings is 2. The molecule has 22 heteroatoms. The predicted molar refractivity (Wildman–Crippen MR) is 220 cm³/mol. The van der Waals surface area contributed by atoms with Gasteiger partial charge in [0, 0.05) is 37.2 Å². The van der Waals surface area contributed by atoms with Crippen molar-refractivity contribution in [1.29, 1.82) is 0 Å². The number of anilines is 1. The molecule has 0 spiro atoms. The Morgan fingerprint density at radius 2 is 1.70 bits per heavy atom. The van der Waals surface area contributed by atoms with Gasteiger partial charge in [0.05, 0.1) is 50.7 Å². The zero-order valence-electron chi connectivity index (χ0n) is 33.8. The third-order valence-electron chi connectivity index (χ3n) is 11.0. The molecule has 1 aliphatic carbocycles. The molecule has 5 aromatic heterocycles. The lowest BCUT2D eigenvalue weighted by molar-refractivity contribution is -0.123. The molecule has 0 radical (unpaired) electrons. The Kier molecular flexibility index (Phi) is 10.8. The number of nitrogens with zero attached hydrogens (tertiary/aromatic N) is 8. The maximum absolute atomic E-state index is 15.7. The SMILES string of the molecule is Cc1ccnc(-c2ccc3c(=O)n(-c4ccc(Cl)c5c(NS(C)(=O)=O)nn(C)c45)c([C@H](Cc4cc(F)cc(F)c4)NC(=O)Cn4nc(C(F)F)c5c4C(F)(F)[C@H](C)[C@@H]5C)nc3n2)c1. The van der Waals surface area contributed by atoms with Crippen molar-refractivity contribution in [3.8, 4) is 17.1 Å². The van der Waals surface area contributed by atoms with Crippen molar-refractivity contribution in [2.75, 3.05) is 11.0 Å². The minimum atomic E-state index is -3.92. The third kappa shape index (κ3) is 7.87. The second kappa shape index (κ2) is 15.8. The highest BCUT2D eigenvalue weighted by molar-refractivity contribution is 7.92. The zero-order chi connectivity index (χ0) is 45.4. The Labute approximate surface area is 359 Å². The molecule has 7 aromatic rings. The van der Waals surface area contributed by atoms with Crippen LogP contribution in [0, 0.1) is 24.5 Å². The first-order chi connectivity index (χ1) is 29.6. The van der Waals surface area contributed by atoms with Crippen LogP contribution in [0.5, 0.6) is 0 Å². The molecule has 2 N–H and O–H groups in total. The van der Waals surface area contributed by atoms with Gasteiger partial charge in [-0.3, -0.25) is 33.2 Å². The van der Waals surface area contributed by atoms with Crippen LogP contribution in [0.3, 0.4) is 0 Å². The van der Waals surface area contributed by atoms with Crippen LogP contribution in [0.25, 0.3) is 39.0 Å². The van der Waals surface area contributed by atoms with Gasteiger partial charge in [-0.25, -0.2) is 35.9 Å². The molecule has 0 aliphatic heterocycles. The number of halogens is 7. The molecule has 8 rings (SSSR count). The standard InChI is InChI=1S/C41H35ClF6N10O4S/c1-18-10-11-49-27(12-18)26-8-6-24-37(51-26)52-39(58(40(24)60)29-9-7-25(42)32-34(29)56(4)54-38(32)55-63(5,61)62)28(15-21-13-22(43)16-23(44)14-21)50-30(59)17-57-35-31(33(53-57)36(45)46)19(2)20(3)41(35,47)48/h6-14,16,19-20,28,36H,15,17H2,1-5H3,(H,50,59)(H,54,55)/t19-,20+,28-/m0/s1. The normalized spacial score (nSPS) is 16.5. The molecule has 0 unspecified atom stereocenters. The minimum Gasteiger partial charge on any atom is -0.344 e. The van der Waals surface area contributed by atoms with Crippen LogP contribution < -0.4 is 15.6 Å². The first-order valence-electron chi connectivity index (χ1n) is 19.1. The van der Waals surface area contributed by atoms with Crippen molar-refractivity contribution in [2.24, 2.45) is 13.0 Å². The van der Waals surface area contributed by atoms with Gasteiger partial charge in [0.25, 0.3) is 17.9 Å². The molecular weight excluding hydrogens is 878 g/mol. The van der Waals surface area contributed by atoms with Crippen molar-refractivity contribution in [3.63, 3.8) is 0 Å². The fourth-order valence-corrected chi connectivity index (χ4v) is 8.79. The number of rotatable bonds is 11. The van der Waals surface area contributed by atoms with E-state index in [4.69, 9.17) is 16.6 Å². The number of nitrogens with one attached hydrogen (secondary N) is 2. The summed E-state index contributed by atoms with van der Waals surface area (Å²) in [7, 11) is -2.48. The third-order valence-corrected chi connectivity index (χ3v) is 11.9. The van der Waals surface area contributed by atoms with Crippen molar-refractivity contribution in [3.05, 3.63) is 122 Å². The second-order valence-corrected chi connectivity index (χ2v) is 17.6. The molecule has 0 fully saturated rings. The summed E-state index contributed by atoms with van der Waals surface area (Å²) in [6.07, 6.45) is -1.29. The van der Waals surface area contributed by atoms with Gasteiger partial charge in [-0.1, -0.05) is 25.4 Å². The van der Waals surface area contributed by atoms with Gasteiger partial charge in [-0.15, -0.1) is 0 Å². The van der Waals surface area contributed by atoms with E-state index >= 15 is 8.78 Å². The molecule has 0 saturated heterocycles. The number of hydrogen-bond donors (Lipinski definition) is 2. The topological polar surface area (TPSA) is 172 Å². The number of aromatic nitrogens is 8. The smallest absolute Gasteiger partial charge is 0.292 e. The highest BCUT2D eigenvalue weighted by atomic mass is 35.5. The van der Waals surface area contributed by atoms with Crippen LogP contribution in [0.1, 0.15) is 66.1 Å². The van der Waals surface area contributed by atoms with Gasteiger partial charge in [-0.05, 0) is 72.5 Å². The average Bonchev–Trinajstić information content (AvgIpc) is 3.79. The van der Waals surface area contributed by atoms with Gasteiger partial charge < -0.3 is 5.32 Å². The number of hydrogen-bond acceptors (Lipinski definition) is 9. The molecule has 14 nitrogen and oxygen atoms in total. The maximum Gasteiger partial charge on any atom is 0.292 e. The van der Waals surface area contributed by atoms with Crippen LogP contribution in [-0.2, 0) is 40.8 Å². The Bertz CT molecular complexity index is 3170. The highest BCUT2D eigenvalue weighted by Crippen LogP contribution is 2.54. The second-order valence-electron chi connectivity index (χ2n) is 15.4. The van der Waals surface area contributed by atoms with Crippen molar-refractivity contribution in [2.45, 2.75) is 58.0 Å². The summed E-state index contributed by atoms with van der Waals surface area (Å²) < 4.78 is 119. The minimum absolute atomic E-state index is 0.0106. The number of fused-ring (bicyclic) bond motifs is 3. The van der Waals surface area contributed by atoms with Gasteiger partial charge in [0.2, 0.25) is 15.9 Å². The van der Waals surface area contributed by atoms with E-state index in [1.807, 2.05) is 6.92 Å². The summed E-state index contributed by atoms with van der Waals surface area (Å²) in [4.78, 5) is 43.0. The summed E-state index contributed by atoms with van der Waals surface area (Å²) in [5, 5.41) is 10.7. The van der Waals surface area contributed by atoms with Crippen LogP contribution in [0.15, 0.2) is 65.6 Å². The van der Waals surface area contributed by atoms with Crippen LogP contribution >= 0.6 is 11.6 Å². The van der Waals surface area contributed by atoms with E-state index in [9.17, 15) is 35.6 Å². The van der Waals surface area contributed by atoms with Crippen molar-refractivity contribution < 1.29 is 39.6 Å². The fraction of sp³-hybridized carbons (Fsp3) is 0.293. The molecule has 5 heterocycles. The van der Waals surface area contributed by atoms with Gasteiger partial charge in [-0.2, -0.15) is 19.0 Å². The Morgan fingerprint density at radius 3 is 2.37 bits per heavy atom. The summed E-state index contributed by atoms with van der Waals surface area (Å²) in [5.41, 5.74) is -1.51. The largest absolute Gasteiger partial charge is 0.344 e. The molecule has 0 bridgehead atoms. The molecular formula is C41H35ClF6N10O4S. The van der Waals surface area contributed by atoms with E-state index in [1.165, 1.54) is 49.8 Å². The molecule has 63 heavy (non-hydrogen) atoms. The number of carbonyl (C=O) groups excluding carboxylic acids is 1. The van der Waals surface area contributed by atoms with E-state index < -0.39 is 87.7 Å². The van der Waals surface area contributed by atoms with Crippen molar-refractivity contribution >= 4 is 55.3 Å². The molecule has 0 saturated carbocycles. The van der Waals surface area contributed by atoms with Crippen LogP contribution in [-0.4, -0.2) is 59.7 Å². The number of carbonyl (C=O) groups is 1. The van der Waals surface area contributed by atoms with E-state index in [0.717, 1.165) is 28.5 Å². The van der Waals surface area contributed by atoms with Crippen LogP contribution in [0.2, 0.25) is 5.02 Å². The Hall–Kier alpha value is -6.35. The number of aryl methyl sites for hydroxylation is 2. The predicted octanol–water partition coefficient (Wildman–Crippen LogP) is 7.42. The summed E-state index contributed by atoms with van der Waals surface area (Å²) >= 11 is 6.63. The number of alkyl halides is 4. The van der Waals surface area contributed by atoms with Gasteiger partial charge in [0.15, 0.2) is 11.5 Å². The molecule has 1 aliphatic rings. The first-order valence-corrected chi connectivity index (χ1v) is 21.4. The lowest BCUT2D eigenvalue weighted by Crippen LogP contribution is -2.38. The van der Waals surface area contributed by atoms with E-state index in [1.54, 1.807) is 18.3 Å². The summed E-state index contributed by atoms with van der Waals surface area (Å²) in [6.45, 7) is 3.38. The molecule has 1 amide bonds.